The van der Waals surface area contributed by atoms with Crippen molar-refractivity contribution in [3.63, 3.8) is 0 Å². The van der Waals surface area contributed by atoms with Crippen molar-refractivity contribution in [3.05, 3.63) is 28.5 Å². The predicted octanol–water partition coefficient (Wildman–Crippen LogP) is 1.56. The molecule has 1 aromatic carbocycles. The van der Waals surface area contributed by atoms with Gasteiger partial charge in [-0.25, -0.2) is 13.1 Å². The molecule has 18 heavy (non-hydrogen) atoms. The third-order valence-electron chi connectivity index (χ3n) is 2.63. The number of sulfonamides is 1. The van der Waals surface area contributed by atoms with Crippen molar-refractivity contribution in [3.8, 4) is 0 Å². The molecule has 0 bridgehead atoms. The Bertz CT molecular complexity index is 728. The second-order valence-corrected chi connectivity index (χ2v) is 6.49. The first kappa shape index (κ1) is 13.3. The Morgan fingerprint density at radius 1 is 1.44 bits per heavy atom. The van der Waals surface area contributed by atoms with E-state index >= 15 is 0 Å². The van der Waals surface area contributed by atoms with Crippen LogP contribution in [-0.2, 0) is 16.6 Å². The van der Waals surface area contributed by atoms with E-state index in [1.807, 2.05) is 29.7 Å². The average molecular weight is 285 g/mol. The summed E-state index contributed by atoms with van der Waals surface area (Å²) in [6.07, 6.45) is 1.14. The van der Waals surface area contributed by atoms with Crippen LogP contribution in [0.25, 0.3) is 11.0 Å². The number of aromatic amines is 1. The Balaban J connectivity index is 2.28. The highest BCUT2D eigenvalue weighted by molar-refractivity contribution is 7.88. The molecule has 1 aromatic heterocycles. The van der Waals surface area contributed by atoms with Crippen molar-refractivity contribution in [2.75, 3.05) is 12.8 Å². The molecular formula is C11H15N3O2S2. The second kappa shape index (κ2) is 4.83. The van der Waals surface area contributed by atoms with Gasteiger partial charge in [0.25, 0.3) is 0 Å². The number of rotatable bonds is 4. The Morgan fingerprint density at radius 3 is 2.83 bits per heavy atom. The van der Waals surface area contributed by atoms with E-state index in [2.05, 4.69) is 9.71 Å². The molecule has 0 saturated heterocycles. The summed E-state index contributed by atoms with van der Waals surface area (Å²) in [4.78, 5) is 3.12. The van der Waals surface area contributed by atoms with E-state index in [1.165, 1.54) is 0 Å². The summed E-state index contributed by atoms with van der Waals surface area (Å²) in [7, 11) is -3.16. The predicted molar refractivity (Wildman–Crippen MR) is 74.7 cm³/mol. The molecule has 98 valence electrons. The van der Waals surface area contributed by atoms with Gasteiger partial charge in [0.1, 0.15) is 0 Å². The first-order chi connectivity index (χ1) is 8.37. The first-order valence-electron chi connectivity index (χ1n) is 5.50. The highest BCUT2D eigenvalue weighted by atomic mass is 32.2. The molecule has 0 saturated carbocycles. The van der Waals surface area contributed by atoms with Crippen molar-refractivity contribution >= 4 is 33.3 Å². The summed E-state index contributed by atoms with van der Waals surface area (Å²) >= 11 is 5.23. The van der Waals surface area contributed by atoms with Crippen LogP contribution >= 0.6 is 12.2 Å². The molecule has 1 heterocycles. The van der Waals surface area contributed by atoms with Gasteiger partial charge < -0.3 is 9.55 Å². The van der Waals surface area contributed by atoms with Gasteiger partial charge in [-0.05, 0) is 36.8 Å². The van der Waals surface area contributed by atoms with Crippen LogP contribution in [0, 0.1) is 11.7 Å². The van der Waals surface area contributed by atoms with Crippen LogP contribution in [0.1, 0.15) is 5.56 Å². The second-order valence-electron chi connectivity index (χ2n) is 4.27. The third-order valence-corrected chi connectivity index (χ3v) is 3.68. The summed E-state index contributed by atoms with van der Waals surface area (Å²) in [5.74, 6) is 0. The Morgan fingerprint density at radius 2 is 2.17 bits per heavy atom. The van der Waals surface area contributed by atoms with Gasteiger partial charge in [-0.3, -0.25) is 0 Å². The van der Waals surface area contributed by atoms with Crippen LogP contribution in [0.3, 0.4) is 0 Å². The molecule has 0 radical (unpaired) electrons. The van der Waals surface area contributed by atoms with Crippen molar-refractivity contribution in [2.45, 2.75) is 13.5 Å². The molecule has 2 rings (SSSR count). The minimum absolute atomic E-state index is 0.327. The SMILES string of the molecule is Cc1ccc2c(c1)[nH]c(=S)n2CCNS(C)(=O)=O. The molecule has 0 unspecified atom stereocenters. The van der Waals surface area contributed by atoms with Crippen LogP contribution in [0.2, 0.25) is 0 Å². The number of aromatic nitrogens is 2. The van der Waals surface area contributed by atoms with Gasteiger partial charge in [0.2, 0.25) is 10.0 Å². The Hall–Kier alpha value is -1.18. The third kappa shape index (κ3) is 2.98. The monoisotopic (exact) mass is 285 g/mol. The highest BCUT2D eigenvalue weighted by Crippen LogP contribution is 2.15. The fraction of sp³-hybridized carbons (Fsp3) is 0.364. The van der Waals surface area contributed by atoms with E-state index in [-0.39, 0.29) is 0 Å². The van der Waals surface area contributed by atoms with Gasteiger partial charge in [0, 0.05) is 13.1 Å². The zero-order valence-corrected chi connectivity index (χ0v) is 11.9. The lowest BCUT2D eigenvalue weighted by Gasteiger charge is -2.05. The lowest BCUT2D eigenvalue weighted by atomic mass is 10.2. The number of nitrogens with one attached hydrogen (secondary N) is 2. The Labute approximate surface area is 111 Å². The number of fused-ring (bicyclic) bond motifs is 1. The van der Waals surface area contributed by atoms with E-state index in [4.69, 9.17) is 12.2 Å². The lowest BCUT2D eigenvalue weighted by Crippen LogP contribution is -2.26. The van der Waals surface area contributed by atoms with Crippen LogP contribution < -0.4 is 4.72 Å². The molecule has 0 amide bonds. The van der Waals surface area contributed by atoms with E-state index in [0.29, 0.717) is 17.9 Å². The van der Waals surface area contributed by atoms with E-state index < -0.39 is 10.0 Å². The molecule has 0 aliphatic heterocycles. The molecule has 0 spiro atoms. The minimum atomic E-state index is -3.16. The summed E-state index contributed by atoms with van der Waals surface area (Å²) < 4.78 is 26.9. The summed E-state index contributed by atoms with van der Waals surface area (Å²) in [6, 6.07) is 6.01. The van der Waals surface area contributed by atoms with E-state index in [9.17, 15) is 8.42 Å². The van der Waals surface area contributed by atoms with Crippen LogP contribution in [-0.4, -0.2) is 30.8 Å². The van der Waals surface area contributed by atoms with Gasteiger partial charge in [-0.2, -0.15) is 0 Å². The largest absolute Gasteiger partial charge is 0.331 e. The number of benzene rings is 1. The van der Waals surface area contributed by atoms with Crippen LogP contribution in [0.4, 0.5) is 0 Å². The van der Waals surface area contributed by atoms with Crippen molar-refractivity contribution < 1.29 is 8.42 Å². The van der Waals surface area contributed by atoms with Crippen molar-refractivity contribution in [1.29, 1.82) is 0 Å². The lowest BCUT2D eigenvalue weighted by molar-refractivity contribution is 0.579. The summed E-state index contributed by atoms with van der Waals surface area (Å²) in [5.41, 5.74) is 3.11. The number of H-pyrrole nitrogens is 1. The summed E-state index contributed by atoms with van der Waals surface area (Å²) in [6.45, 7) is 2.85. The van der Waals surface area contributed by atoms with Crippen molar-refractivity contribution in [1.82, 2.24) is 14.3 Å². The van der Waals surface area contributed by atoms with Crippen LogP contribution in [0.15, 0.2) is 18.2 Å². The maximum absolute atomic E-state index is 11.0. The number of aryl methyl sites for hydroxylation is 1. The minimum Gasteiger partial charge on any atom is -0.331 e. The van der Waals surface area contributed by atoms with Gasteiger partial charge in [0.05, 0.1) is 17.3 Å². The molecule has 2 aromatic rings. The summed E-state index contributed by atoms with van der Waals surface area (Å²) in [5, 5.41) is 0. The molecule has 5 nitrogen and oxygen atoms in total. The maximum Gasteiger partial charge on any atom is 0.208 e. The number of nitrogens with zero attached hydrogens (tertiary/aromatic N) is 1. The van der Waals surface area contributed by atoms with Gasteiger partial charge in [0.15, 0.2) is 4.77 Å². The topological polar surface area (TPSA) is 66.9 Å². The first-order valence-corrected chi connectivity index (χ1v) is 7.80. The fourth-order valence-corrected chi connectivity index (χ4v) is 2.60. The number of hydrogen-bond donors (Lipinski definition) is 2. The molecule has 0 aliphatic rings. The number of hydrogen-bond acceptors (Lipinski definition) is 3. The van der Waals surface area contributed by atoms with Gasteiger partial charge >= 0.3 is 0 Å². The Kier molecular flexibility index (Phi) is 3.56. The zero-order valence-electron chi connectivity index (χ0n) is 10.2. The highest BCUT2D eigenvalue weighted by Gasteiger charge is 2.05. The standard InChI is InChI=1S/C11H15N3O2S2/c1-8-3-4-10-9(7-8)13-11(17)14(10)6-5-12-18(2,15)16/h3-4,7,12H,5-6H2,1-2H3,(H,13,17). The maximum atomic E-state index is 11.0. The molecule has 0 fully saturated rings. The molecular weight excluding hydrogens is 270 g/mol. The quantitative estimate of drug-likeness (QED) is 0.838. The molecule has 0 aliphatic carbocycles. The van der Waals surface area contributed by atoms with Crippen molar-refractivity contribution in [2.24, 2.45) is 0 Å². The van der Waals surface area contributed by atoms with Gasteiger partial charge in [-0.1, -0.05) is 6.07 Å². The zero-order chi connectivity index (χ0) is 13.3. The number of imidazole rings is 1. The van der Waals surface area contributed by atoms with E-state index in [0.717, 1.165) is 22.9 Å². The van der Waals surface area contributed by atoms with Crippen LogP contribution in [0.5, 0.6) is 0 Å². The van der Waals surface area contributed by atoms with E-state index in [1.54, 1.807) is 0 Å². The van der Waals surface area contributed by atoms with Gasteiger partial charge in [-0.15, -0.1) is 0 Å². The fourth-order valence-electron chi connectivity index (χ4n) is 1.84. The average Bonchev–Trinajstić information content (AvgIpc) is 2.52. The normalized spacial score (nSPS) is 12.1. The smallest absolute Gasteiger partial charge is 0.208 e. The molecule has 2 N–H and O–H groups in total. The molecule has 7 heteroatoms. The molecule has 0 atom stereocenters.